The van der Waals surface area contributed by atoms with Crippen molar-refractivity contribution in [2.24, 2.45) is 5.73 Å². The second-order valence-electron chi connectivity index (χ2n) is 4.69. The Morgan fingerprint density at radius 2 is 2.10 bits per heavy atom. The average molecular weight is 318 g/mol. The van der Waals surface area contributed by atoms with Crippen LogP contribution in [0.25, 0.3) is 0 Å². The number of amides is 1. The first-order valence-electron chi connectivity index (χ1n) is 6.19. The maximum atomic E-state index is 12.4. The van der Waals surface area contributed by atoms with Gasteiger partial charge in [0.15, 0.2) is 0 Å². The van der Waals surface area contributed by atoms with E-state index in [1.165, 1.54) is 10.9 Å². The van der Waals surface area contributed by atoms with Crippen LogP contribution in [0.1, 0.15) is 20.3 Å². The molecule has 0 aliphatic carbocycles. The van der Waals surface area contributed by atoms with Gasteiger partial charge in [0.2, 0.25) is 15.9 Å². The SMILES string of the molecule is CC(C)N(CC(N)=O)S(=O)(=O)c1cnn(CCC(=O)O)c1. The second-order valence-corrected chi connectivity index (χ2v) is 6.58. The zero-order valence-electron chi connectivity index (χ0n) is 11.8. The summed E-state index contributed by atoms with van der Waals surface area (Å²) in [5.74, 6) is -1.77. The summed E-state index contributed by atoms with van der Waals surface area (Å²) >= 11 is 0. The molecule has 1 aromatic rings. The zero-order chi connectivity index (χ0) is 16.2. The van der Waals surface area contributed by atoms with Crippen molar-refractivity contribution < 1.29 is 23.1 Å². The van der Waals surface area contributed by atoms with Crippen molar-refractivity contribution in [3.63, 3.8) is 0 Å². The molecule has 21 heavy (non-hydrogen) atoms. The number of sulfonamides is 1. The van der Waals surface area contributed by atoms with E-state index in [4.69, 9.17) is 10.8 Å². The van der Waals surface area contributed by atoms with Gasteiger partial charge in [-0.3, -0.25) is 14.3 Å². The molecule has 0 saturated carbocycles. The predicted molar refractivity (Wildman–Crippen MR) is 72.7 cm³/mol. The Morgan fingerprint density at radius 1 is 1.48 bits per heavy atom. The molecular formula is C11H18N4O5S. The van der Waals surface area contributed by atoms with Crippen LogP contribution in [0.5, 0.6) is 0 Å². The smallest absolute Gasteiger partial charge is 0.305 e. The van der Waals surface area contributed by atoms with Crippen LogP contribution in [-0.2, 0) is 26.2 Å². The predicted octanol–water partition coefficient (Wildman–Crippen LogP) is -0.758. The molecule has 0 spiro atoms. The number of hydrogen-bond donors (Lipinski definition) is 2. The van der Waals surface area contributed by atoms with E-state index in [1.54, 1.807) is 13.8 Å². The molecule has 0 bridgehead atoms. The average Bonchev–Trinajstić information content (AvgIpc) is 2.82. The molecule has 0 aliphatic heterocycles. The fraction of sp³-hybridized carbons (Fsp3) is 0.545. The van der Waals surface area contributed by atoms with Crippen LogP contribution in [0, 0.1) is 0 Å². The molecular weight excluding hydrogens is 300 g/mol. The molecule has 1 amide bonds. The normalized spacial score (nSPS) is 12.0. The summed E-state index contributed by atoms with van der Waals surface area (Å²) in [6.45, 7) is 2.87. The van der Waals surface area contributed by atoms with E-state index in [0.29, 0.717) is 0 Å². The van der Waals surface area contributed by atoms with Crippen molar-refractivity contribution >= 4 is 21.9 Å². The van der Waals surface area contributed by atoms with E-state index in [1.807, 2.05) is 0 Å². The standard InChI is InChI=1S/C11H18N4O5S/c1-8(2)15(7-10(12)16)21(19,20)9-5-13-14(6-9)4-3-11(17)18/h5-6,8H,3-4,7H2,1-2H3,(H2,12,16)(H,17,18). The molecule has 10 heteroatoms. The Hall–Kier alpha value is -1.94. The lowest BCUT2D eigenvalue weighted by Gasteiger charge is -2.23. The van der Waals surface area contributed by atoms with Gasteiger partial charge in [-0.05, 0) is 13.8 Å². The van der Waals surface area contributed by atoms with E-state index >= 15 is 0 Å². The number of carbonyl (C=O) groups excluding carboxylic acids is 1. The number of aromatic nitrogens is 2. The van der Waals surface area contributed by atoms with Crippen LogP contribution in [0.2, 0.25) is 0 Å². The molecule has 0 radical (unpaired) electrons. The lowest BCUT2D eigenvalue weighted by Crippen LogP contribution is -2.42. The molecule has 3 N–H and O–H groups in total. The zero-order valence-corrected chi connectivity index (χ0v) is 12.6. The number of aryl methyl sites for hydroxylation is 1. The lowest BCUT2D eigenvalue weighted by atomic mass is 10.4. The topological polar surface area (TPSA) is 136 Å². The molecule has 118 valence electrons. The number of carboxylic acid groups (broad SMARTS) is 1. The highest BCUT2D eigenvalue weighted by Crippen LogP contribution is 2.17. The third-order valence-corrected chi connectivity index (χ3v) is 4.63. The summed E-state index contributed by atoms with van der Waals surface area (Å²) in [5, 5.41) is 12.4. The van der Waals surface area contributed by atoms with Gasteiger partial charge in [0.25, 0.3) is 0 Å². The van der Waals surface area contributed by atoms with Crippen LogP contribution in [0.15, 0.2) is 17.3 Å². The third kappa shape index (κ3) is 4.53. The lowest BCUT2D eigenvalue weighted by molar-refractivity contribution is -0.137. The number of rotatable bonds is 8. The Bertz CT molecular complexity index is 622. The van der Waals surface area contributed by atoms with Crippen molar-refractivity contribution in [2.45, 2.75) is 37.8 Å². The van der Waals surface area contributed by atoms with Crippen LogP contribution >= 0.6 is 0 Å². The number of hydrogen-bond acceptors (Lipinski definition) is 5. The van der Waals surface area contributed by atoms with E-state index in [2.05, 4.69) is 5.10 Å². The van der Waals surface area contributed by atoms with Gasteiger partial charge in [0, 0.05) is 12.2 Å². The Kier molecular flexibility index (Phi) is 5.44. The number of nitrogens with two attached hydrogens (primary N) is 1. The number of nitrogens with zero attached hydrogens (tertiary/aromatic N) is 3. The second kappa shape index (κ2) is 6.68. The van der Waals surface area contributed by atoms with Gasteiger partial charge in [0.1, 0.15) is 4.90 Å². The van der Waals surface area contributed by atoms with E-state index in [-0.39, 0.29) is 17.9 Å². The van der Waals surface area contributed by atoms with Crippen LogP contribution < -0.4 is 5.73 Å². The van der Waals surface area contributed by atoms with Gasteiger partial charge in [-0.2, -0.15) is 9.40 Å². The molecule has 0 unspecified atom stereocenters. The first kappa shape index (κ1) is 17.1. The van der Waals surface area contributed by atoms with Gasteiger partial charge in [-0.15, -0.1) is 0 Å². The molecule has 1 rings (SSSR count). The van der Waals surface area contributed by atoms with Crippen molar-refractivity contribution in [2.75, 3.05) is 6.54 Å². The maximum absolute atomic E-state index is 12.4. The Morgan fingerprint density at radius 3 is 2.57 bits per heavy atom. The summed E-state index contributed by atoms with van der Waals surface area (Å²) < 4.78 is 27.0. The van der Waals surface area contributed by atoms with Crippen LogP contribution in [0.3, 0.4) is 0 Å². The van der Waals surface area contributed by atoms with E-state index in [0.717, 1.165) is 10.5 Å². The van der Waals surface area contributed by atoms with Crippen molar-refractivity contribution in [1.82, 2.24) is 14.1 Å². The maximum Gasteiger partial charge on any atom is 0.305 e. The monoisotopic (exact) mass is 318 g/mol. The molecule has 0 saturated heterocycles. The van der Waals surface area contributed by atoms with Crippen molar-refractivity contribution in [3.8, 4) is 0 Å². The number of primary amides is 1. The molecule has 1 heterocycles. The van der Waals surface area contributed by atoms with Gasteiger partial charge in [-0.25, -0.2) is 8.42 Å². The number of carbonyl (C=O) groups is 2. The molecule has 0 aromatic carbocycles. The highest BCUT2D eigenvalue weighted by atomic mass is 32.2. The third-order valence-electron chi connectivity index (χ3n) is 2.66. The van der Waals surface area contributed by atoms with Gasteiger partial charge >= 0.3 is 5.97 Å². The van der Waals surface area contributed by atoms with Gasteiger partial charge in [-0.1, -0.05) is 0 Å². The van der Waals surface area contributed by atoms with Crippen molar-refractivity contribution in [1.29, 1.82) is 0 Å². The molecule has 1 aromatic heterocycles. The minimum absolute atomic E-state index is 0.0579. The first-order valence-corrected chi connectivity index (χ1v) is 7.63. The van der Waals surface area contributed by atoms with Crippen LogP contribution in [-0.4, -0.2) is 52.1 Å². The minimum atomic E-state index is -3.91. The summed E-state index contributed by atoms with van der Waals surface area (Å²) in [7, 11) is -3.91. The van der Waals surface area contributed by atoms with Gasteiger partial charge < -0.3 is 10.8 Å². The molecule has 9 nitrogen and oxygen atoms in total. The summed E-state index contributed by atoms with van der Waals surface area (Å²) in [6, 6.07) is -0.454. The summed E-state index contributed by atoms with van der Waals surface area (Å²) in [5.41, 5.74) is 5.06. The largest absolute Gasteiger partial charge is 0.481 e. The summed E-state index contributed by atoms with van der Waals surface area (Å²) in [6.07, 6.45) is 2.18. The number of carboxylic acids is 1. The number of aliphatic carboxylic acids is 1. The summed E-state index contributed by atoms with van der Waals surface area (Å²) in [4.78, 5) is 21.4. The molecule has 0 fully saturated rings. The van der Waals surface area contributed by atoms with E-state index < -0.39 is 34.5 Å². The fourth-order valence-electron chi connectivity index (χ4n) is 1.64. The quantitative estimate of drug-likeness (QED) is 0.647. The van der Waals surface area contributed by atoms with Crippen molar-refractivity contribution in [3.05, 3.63) is 12.4 Å². The Labute approximate surface area is 122 Å². The first-order chi connectivity index (χ1) is 9.64. The van der Waals surface area contributed by atoms with Crippen LogP contribution in [0.4, 0.5) is 0 Å². The molecule has 0 aliphatic rings. The molecule has 0 atom stereocenters. The van der Waals surface area contributed by atoms with E-state index in [9.17, 15) is 18.0 Å². The van der Waals surface area contributed by atoms with Gasteiger partial charge in [0.05, 0.1) is 25.7 Å². The minimum Gasteiger partial charge on any atom is -0.481 e. The Balaban J connectivity index is 3.00. The highest BCUT2D eigenvalue weighted by molar-refractivity contribution is 7.89. The fourth-order valence-corrected chi connectivity index (χ4v) is 3.20. The highest BCUT2D eigenvalue weighted by Gasteiger charge is 2.29.